The maximum absolute atomic E-state index is 3.52. The van der Waals surface area contributed by atoms with Crippen molar-refractivity contribution < 1.29 is 0 Å². The standard InChI is InChI=1S/C13H31N3/c1-7-13(11-14-12(2)3)16(6)10-8-9-15(4)5/h12-14H,7-11H2,1-6H3. The molecule has 0 fully saturated rings. The summed E-state index contributed by atoms with van der Waals surface area (Å²) in [5.41, 5.74) is 0. The highest BCUT2D eigenvalue weighted by Crippen LogP contribution is 2.02. The molecule has 0 radical (unpaired) electrons. The van der Waals surface area contributed by atoms with Crippen LogP contribution in [0.1, 0.15) is 33.6 Å². The molecule has 0 amide bonds. The Balaban J connectivity index is 3.77. The van der Waals surface area contributed by atoms with Crippen LogP contribution in [0.25, 0.3) is 0 Å². The average molecular weight is 229 g/mol. The molecule has 98 valence electrons. The van der Waals surface area contributed by atoms with Crippen LogP contribution in [0.4, 0.5) is 0 Å². The highest BCUT2D eigenvalue weighted by molar-refractivity contribution is 4.71. The van der Waals surface area contributed by atoms with Crippen molar-refractivity contribution >= 4 is 0 Å². The summed E-state index contributed by atoms with van der Waals surface area (Å²) >= 11 is 0. The van der Waals surface area contributed by atoms with Crippen molar-refractivity contribution in [2.45, 2.75) is 45.7 Å². The highest BCUT2D eigenvalue weighted by Gasteiger charge is 2.12. The van der Waals surface area contributed by atoms with Gasteiger partial charge in [-0.1, -0.05) is 20.8 Å². The van der Waals surface area contributed by atoms with E-state index >= 15 is 0 Å². The van der Waals surface area contributed by atoms with E-state index in [9.17, 15) is 0 Å². The molecule has 0 aliphatic heterocycles. The average Bonchev–Trinajstić information content (AvgIpc) is 2.17. The largest absolute Gasteiger partial charge is 0.313 e. The zero-order valence-corrected chi connectivity index (χ0v) is 12.1. The van der Waals surface area contributed by atoms with E-state index in [-0.39, 0.29) is 0 Å². The van der Waals surface area contributed by atoms with Crippen molar-refractivity contribution in [1.29, 1.82) is 0 Å². The minimum absolute atomic E-state index is 0.587. The van der Waals surface area contributed by atoms with Gasteiger partial charge < -0.3 is 15.1 Å². The molecule has 0 aromatic carbocycles. The number of nitrogens with zero attached hydrogens (tertiary/aromatic N) is 2. The van der Waals surface area contributed by atoms with E-state index in [1.54, 1.807) is 0 Å². The zero-order valence-electron chi connectivity index (χ0n) is 12.1. The van der Waals surface area contributed by atoms with Gasteiger partial charge in [0.1, 0.15) is 0 Å². The Labute approximate surface area is 102 Å². The van der Waals surface area contributed by atoms with E-state index in [1.165, 1.54) is 25.9 Å². The van der Waals surface area contributed by atoms with Crippen LogP contribution in [0.3, 0.4) is 0 Å². The summed E-state index contributed by atoms with van der Waals surface area (Å²) in [5.74, 6) is 0. The predicted octanol–water partition coefficient (Wildman–Crippen LogP) is 1.65. The molecule has 1 unspecified atom stereocenters. The fourth-order valence-corrected chi connectivity index (χ4v) is 1.80. The molecule has 0 saturated carbocycles. The van der Waals surface area contributed by atoms with Crippen LogP contribution in [-0.2, 0) is 0 Å². The molecule has 0 rings (SSSR count). The first-order valence-electron chi connectivity index (χ1n) is 6.55. The maximum Gasteiger partial charge on any atom is 0.0215 e. The summed E-state index contributed by atoms with van der Waals surface area (Å²) in [4.78, 5) is 4.74. The number of hydrogen-bond donors (Lipinski definition) is 1. The molecule has 0 heterocycles. The molecular formula is C13H31N3. The summed E-state index contributed by atoms with van der Waals surface area (Å²) < 4.78 is 0. The lowest BCUT2D eigenvalue weighted by molar-refractivity contribution is 0.215. The van der Waals surface area contributed by atoms with Gasteiger partial charge in [0.2, 0.25) is 0 Å². The fraction of sp³-hybridized carbons (Fsp3) is 1.00. The summed E-state index contributed by atoms with van der Waals surface area (Å²) in [6, 6.07) is 1.26. The first-order valence-corrected chi connectivity index (χ1v) is 6.55. The second-order valence-corrected chi connectivity index (χ2v) is 5.26. The minimum Gasteiger partial charge on any atom is -0.313 e. The van der Waals surface area contributed by atoms with E-state index in [2.05, 4.69) is 57.0 Å². The molecule has 0 bridgehead atoms. The Morgan fingerprint density at radius 1 is 1.06 bits per heavy atom. The van der Waals surface area contributed by atoms with E-state index in [0.29, 0.717) is 12.1 Å². The van der Waals surface area contributed by atoms with Crippen molar-refractivity contribution in [3.63, 3.8) is 0 Å². The van der Waals surface area contributed by atoms with Crippen molar-refractivity contribution in [1.82, 2.24) is 15.1 Å². The number of nitrogens with one attached hydrogen (secondary N) is 1. The fourth-order valence-electron chi connectivity index (χ4n) is 1.80. The zero-order chi connectivity index (χ0) is 12.6. The third kappa shape index (κ3) is 8.08. The van der Waals surface area contributed by atoms with Crippen molar-refractivity contribution in [3.8, 4) is 0 Å². The molecule has 3 nitrogen and oxygen atoms in total. The molecule has 1 atom stereocenters. The van der Waals surface area contributed by atoms with Gasteiger partial charge in [-0.3, -0.25) is 0 Å². The highest BCUT2D eigenvalue weighted by atomic mass is 15.2. The smallest absolute Gasteiger partial charge is 0.0215 e. The van der Waals surface area contributed by atoms with Crippen molar-refractivity contribution in [3.05, 3.63) is 0 Å². The number of rotatable bonds is 9. The molecule has 3 heteroatoms. The monoisotopic (exact) mass is 229 g/mol. The lowest BCUT2D eigenvalue weighted by atomic mass is 10.2. The second-order valence-electron chi connectivity index (χ2n) is 5.26. The molecule has 0 spiro atoms. The Kier molecular flexibility index (Phi) is 8.90. The van der Waals surface area contributed by atoms with Crippen LogP contribution >= 0.6 is 0 Å². The van der Waals surface area contributed by atoms with Gasteiger partial charge in [0.15, 0.2) is 0 Å². The van der Waals surface area contributed by atoms with Gasteiger partial charge in [0.25, 0.3) is 0 Å². The Morgan fingerprint density at radius 2 is 1.69 bits per heavy atom. The van der Waals surface area contributed by atoms with Crippen LogP contribution in [-0.4, -0.2) is 62.7 Å². The molecule has 0 aromatic rings. The molecular weight excluding hydrogens is 198 g/mol. The third-order valence-corrected chi connectivity index (χ3v) is 2.97. The molecule has 0 aliphatic rings. The number of hydrogen-bond acceptors (Lipinski definition) is 3. The first-order chi connectivity index (χ1) is 7.47. The summed E-state index contributed by atoms with van der Waals surface area (Å²) in [7, 11) is 6.51. The van der Waals surface area contributed by atoms with Gasteiger partial charge in [-0.2, -0.15) is 0 Å². The lowest BCUT2D eigenvalue weighted by Crippen LogP contribution is -2.42. The van der Waals surface area contributed by atoms with E-state index < -0.39 is 0 Å². The Bertz CT molecular complexity index is 157. The van der Waals surface area contributed by atoms with Crippen LogP contribution in [0.15, 0.2) is 0 Å². The van der Waals surface area contributed by atoms with E-state index in [0.717, 1.165) is 6.54 Å². The molecule has 16 heavy (non-hydrogen) atoms. The Morgan fingerprint density at radius 3 is 2.12 bits per heavy atom. The minimum atomic E-state index is 0.587. The number of likely N-dealkylation sites (N-methyl/N-ethyl adjacent to an activating group) is 1. The molecule has 0 saturated heterocycles. The second kappa shape index (κ2) is 8.97. The van der Waals surface area contributed by atoms with Gasteiger partial charge in [-0.25, -0.2) is 0 Å². The first kappa shape index (κ1) is 15.9. The van der Waals surface area contributed by atoms with Crippen LogP contribution in [0.2, 0.25) is 0 Å². The molecule has 0 aromatic heterocycles. The predicted molar refractivity (Wildman–Crippen MR) is 73.0 cm³/mol. The summed E-state index contributed by atoms with van der Waals surface area (Å²) in [6.45, 7) is 10.2. The van der Waals surface area contributed by atoms with Crippen LogP contribution in [0, 0.1) is 0 Å². The van der Waals surface area contributed by atoms with Crippen molar-refractivity contribution in [2.75, 3.05) is 40.8 Å². The van der Waals surface area contributed by atoms with Gasteiger partial charge in [0, 0.05) is 18.6 Å². The van der Waals surface area contributed by atoms with Crippen LogP contribution in [0.5, 0.6) is 0 Å². The topological polar surface area (TPSA) is 18.5 Å². The lowest BCUT2D eigenvalue weighted by Gasteiger charge is -2.28. The van der Waals surface area contributed by atoms with Gasteiger partial charge >= 0.3 is 0 Å². The third-order valence-electron chi connectivity index (χ3n) is 2.97. The van der Waals surface area contributed by atoms with Gasteiger partial charge in [0.05, 0.1) is 0 Å². The summed E-state index contributed by atoms with van der Waals surface area (Å²) in [6.07, 6.45) is 2.47. The SMILES string of the molecule is CCC(CNC(C)C)N(C)CCCN(C)C. The molecule has 1 N–H and O–H groups in total. The normalized spacial score (nSPS) is 14.1. The van der Waals surface area contributed by atoms with E-state index in [1.807, 2.05) is 0 Å². The Hall–Kier alpha value is -0.120. The van der Waals surface area contributed by atoms with Gasteiger partial charge in [-0.15, -0.1) is 0 Å². The quantitative estimate of drug-likeness (QED) is 0.648. The van der Waals surface area contributed by atoms with Gasteiger partial charge in [-0.05, 0) is 47.1 Å². The molecule has 0 aliphatic carbocycles. The maximum atomic E-state index is 3.52. The van der Waals surface area contributed by atoms with E-state index in [4.69, 9.17) is 0 Å². The van der Waals surface area contributed by atoms with Crippen molar-refractivity contribution in [2.24, 2.45) is 0 Å². The van der Waals surface area contributed by atoms with Crippen LogP contribution < -0.4 is 5.32 Å². The summed E-state index contributed by atoms with van der Waals surface area (Å²) in [5, 5.41) is 3.52.